The van der Waals surface area contributed by atoms with Crippen molar-refractivity contribution in [2.75, 3.05) is 19.7 Å². The Morgan fingerprint density at radius 3 is 2.05 bits per heavy atom. The zero-order valence-electron chi connectivity index (χ0n) is 11.6. The van der Waals surface area contributed by atoms with E-state index in [0.29, 0.717) is 6.61 Å². The first-order chi connectivity index (χ1) is 9.43. The van der Waals surface area contributed by atoms with Crippen LogP contribution in [0.1, 0.15) is 25.5 Å². The topological polar surface area (TPSA) is 87.1 Å². The highest BCUT2D eigenvalue weighted by Crippen LogP contribution is 2.22. The van der Waals surface area contributed by atoms with Gasteiger partial charge in [-0.25, -0.2) is 0 Å². The highest BCUT2D eigenvalue weighted by atomic mass is 16.5. The number of hydrogen-bond acceptors (Lipinski definition) is 4. The number of nitrogens with zero attached hydrogens (tertiary/aromatic N) is 1. The van der Waals surface area contributed by atoms with Gasteiger partial charge in [0, 0.05) is 6.04 Å². The molecule has 0 aromatic heterocycles. The van der Waals surface area contributed by atoms with Gasteiger partial charge in [-0.3, -0.25) is 14.5 Å². The fraction of sp³-hybridized carbons (Fsp3) is 0.429. The third kappa shape index (κ3) is 4.89. The van der Waals surface area contributed by atoms with E-state index in [0.717, 1.165) is 11.3 Å². The van der Waals surface area contributed by atoms with E-state index in [4.69, 9.17) is 14.9 Å². The molecule has 6 nitrogen and oxygen atoms in total. The average Bonchev–Trinajstić information content (AvgIpc) is 2.37. The Labute approximate surface area is 117 Å². The molecule has 0 spiro atoms. The maximum atomic E-state index is 10.8. The van der Waals surface area contributed by atoms with Crippen LogP contribution in [0.5, 0.6) is 5.75 Å². The summed E-state index contributed by atoms with van der Waals surface area (Å²) in [5.74, 6) is -1.38. The van der Waals surface area contributed by atoms with Crippen molar-refractivity contribution in [3.8, 4) is 5.75 Å². The Hall–Kier alpha value is -2.08. The molecule has 1 aromatic rings. The lowest BCUT2D eigenvalue weighted by atomic mass is 10.1. The number of rotatable bonds is 8. The molecule has 6 heteroatoms. The Morgan fingerprint density at radius 1 is 1.15 bits per heavy atom. The summed E-state index contributed by atoms with van der Waals surface area (Å²) < 4.78 is 5.33. The fourth-order valence-corrected chi connectivity index (χ4v) is 1.90. The number of hydrogen-bond donors (Lipinski definition) is 2. The molecule has 0 aliphatic heterocycles. The second-order valence-electron chi connectivity index (χ2n) is 4.37. The lowest BCUT2D eigenvalue weighted by molar-refractivity contribution is -0.142. The monoisotopic (exact) mass is 281 g/mol. The van der Waals surface area contributed by atoms with E-state index in [1.807, 2.05) is 19.1 Å². The standard InChI is InChI=1S/C14H19NO5/c1-3-20-12-6-4-11(5-7-12)10(2)15(8-13(16)17)9-14(18)19/h4-7,10H,3,8-9H2,1-2H3,(H,16,17)(H,18,19). The molecule has 1 aromatic carbocycles. The number of carboxylic acid groups (broad SMARTS) is 2. The van der Waals surface area contributed by atoms with Gasteiger partial charge in [-0.05, 0) is 31.5 Å². The second-order valence-corrected chi connectivity index (χ2v) is 4.37. The first-order valence-corrected chi connectivity index (χ1v) is 6.34. The van der Waals surface area contributed by atoms with Gasteiger partial charge in [0.2, 0.25) is 0 Å². The quantitative estimate of drug-likeness (QED) is 0.753. The van der Waals surface area contributed by atoms with Crippen molar-refractivity contribution < 1.29 is 24.5 Å². The van der Waals surface area contributed by atoms with Gasteiger partial charge in [-0.1, -0.05) is 12.1 Å². The summed E-state index contributed by atoms with van der Waals surface area (Å²) in [4.78, 5) is 23.0. The molecular weight excluding hydrogens is 262 g/mol. The van der Waals surface area contributed by atoms with Crippen molar-refractivity contribution in [3.63, 3.8) is 0 Å². The van der Waals surface area contributed by atoms with E-state index in [1.54, 1.807) is 19.1 Å². The molecule has 2 N–H and O–H groups in total. The maximum absolute atomic E-state index is 10.8. The molecule has 1 atom stereocenters. The Balaban J connectivity index is 2.84. The summed E-state index contributed by atoms with van der Waals surface area (Å²) in [6.45, 7) is 3.60. The number of benzene rings is 1. The molecule has 0 amide bonds. The maximum Gasteiger partial charge on any atom is 0.317 e. The molecule has 0 bridgehead atoms. The highest BCUT2D eigenvalue weighted by molar-refractivity contribution is 5.72. The molecule has 0 aliphatic carbocycles. The SMILES string of the molecule is CCOc1ccc(C(C)N(CC(=O)O)CC(=O)O)cc1. The van der Waals surface area contributed by atoms with E-state index in [2.05, 4.69) is 0 Å². The Bertz CT molecular complexity index is 441. The van der Waals surface area contributed by atoms with Gasteiger partial charge in [-0.2, -0.15) is 0 Å². The van der Waals surface area contributed by atoms with E-state index >= 15 is 0 Å². The van der Waals surface area contributed by atoms with Gasteiger partial charge in [-0.15, -0.1) is 0 Å². The predicted octanol–water partition coefficient (Wildman–Crippen LogP) is 1.62. The number of carbonyl (C=O) groups is 2. The van der Waals surface area contributed by atoms with E-state index < -0.39 is 11.9 Å². The van der Waals surface area contributed by atoms with Crippen LogP contribution in [-0.4, -0.2) is 46.7 Å². The van der Waals surface area contributed by atoms with Crippen LogP contribution in [0.25, 0.3) is 0 Å². The van der Waals surface area contributed by atoms with E-state index in [-0.39, 0.29) is 19.1 Å². The van der Waals surface area contributed by atoms with Crippen molar-refractivity contribution in [2.24, 2.45) is 0 Å². The predicted molar refractivity (Wildman–Crippen MR) is 72.9 cm³/mol. The summed E-state index contributed by atoms with van der Waals surface area (Å²) in [7, 11) is 0. The molecular formula is C14H19NO5. The van der Waals surface area contributed by atoms with Gasteiger partial charge in [0.05, 0.1) is 19.7 Å². The third-order valence-electron chi connectivity index (χ3n) is 2.90. The second kappa shape index (κ2) is 7.49. The van der Waals surface area contributed by atoms with Crippen LogP contribution in [0.3, 0.4) is 0 Å². The summed E-state index contributed by atoms with van der Waals surface area (Å²) >= 11 is 0. The number of ether oxygens (including phenoxy) is 1. The lowest BCUT2D eigenvalue weighted by Gasteiger charge is -2.26. The van der Waals surface area contributed by atoms with Crippen LogP contribution in [0, 0.1) is 0 Å². The molecule has 1 rings (SSSR count). The van der Waals surface area contributed by atoms with Crippen LogP contribution in [0.15, 0.2) is 24.3 Å². The van der Waals surface area contributed by atoms with Gasteiger partial charge < -0.3 is 14.9 Å². The number of carboxylic acids is 2. The molecule has 0 radical (unpaired) electrons. The van der Waals surface area contributed by atoms with Crippen LogP contribution in [-0.2, 0) is 9.59 Å². The molecule has 0 saturated heterocycles. The first kappa shape index (κ1) is 16.0. The summed E-state index contributed by atoms with van der Waals surface area (Å²) in [5.41, 5.74) is 0.843. The highest BCUT2D eigenvalue weighted by Gasteiger charge is 2.20. The van der Waals surface area contributed by atoms with Crippen molar-refractivity contribution in [2.45, 2.75) is 19.9 Å². The van der Waals surface area contributed by atoms with Crippen LogP contribution >= 0.6 is 0 Å². The van der Waals surface area contributed by atoms with Gasteiger partial charge in [0.25, 0.3) is 0 Å². The molecule has 110 valence electrons. The van der Waals surface area contributed by atoms with Gasteiger partial charge in [0.1, 0.15) is 5.75 Å². The smallest absolute Gasteiger partial charge is 0.317 e. The van der Waals surface area contributed by atoms with Crippen LogP contribution < -0.4 is 4.74 Å². The summed E-state index contributed by atoms with van der Waals surface area (Å²) in [6, 6.07) is 6.89. The molecule has 0 aliphatic rings. The molecule has 0 saturated carbocycles. The molecule has 20 heavy (non-hydrogen) atoms. The average molecular weight is 281 g/mol. The normalized spacial score (nSPS) is 12.2. The first-order valence-electron chi connectivity index (χ1n) is 6.34. The van der Waals surface area contributed by atoms with Crippen molar-refractivity contribution >= 4 is 11.9 Å². The van der Waals surface area contributed by atoms with Crippen molar-refractivity contribution in [1.29, 1.82) is 0 Å². The fourth-order valence-electron chi connectivity index (χ4n) is 1.90. The minimum absolute atomic E-state index is 0.308. The van der Waals surface area contributed by atoms with E-state index in [1.165, 1.54) is 4.90 Å². The lowest BCUT2D eigenvalue weighted by Crippen LogP contribution is -2.36. The van der Waals surface area contributed by atoms with Crippen molar-refractivity contribution in [1.82, 2.24) is 4.90 Å². The Kier molecular flexibility index (Phi) is 5.99. The minimum Gasteiger partial charge on any atom is -0.494 e. The minimum atomic E-state index is -1.05. The van der Waals surface area contributed by atoms with Crippen molar-refractivity contribution in [3.05, 3.63) is 29.8 Å². The summed E-state index contributed by atoms with van der Waals surface area (Å²) in [6.07, 6.45) is 0. The number of aliphatic carboxylic acids is 2. The third-order valence-corrected chi connectivity index (χ3v) is 2.90. The van der Waals surface area contributed by atoms with E-state index in [9.17, 15) is 9.59 Å². The molecule has 1 unspecified atom stereocenters. The van der Waals surface area contributed by atoms with Crippen LogP contribution in [0.2, 0.25) is 0 Å². The zero-order valence-corrected chi connectivity index (χ0v) is 11.6. The van der Waals surface area contributed by atoms with Gasteiger partial charge >= 0.3 is 11.9 Å². The van der Waals surface area contributed by atoms with Gasteiger partial charge in [0.15, 0.2) is 0 Å². The largest absolute Gasteiger partial charge is 0.494 e. The van der Waals surface area contributed by atoms with Crippen LogP contribution in [0.4, 0.5) is 0 Å². The summed E-state index contributed by atoms with van der Waals surface area (Å²) in [5, 5.41) is 17.7. The zero-order chi connectivity index (χ0) is 15.1. The Morgan fingerprint density at radius 2 is 1.65 bits per heavy atom. The molecule has 0 fully saturated rings. The molecule has 0 heterocycles.